The summed E-state index contributed by atoms with van der Waals surface area (Å²) < 4.78 is 17.2. The summed E-state index contributed by atoms with van der Waals surface area (Å²) in [5.74, 6) is 1.68. The Bertz CT molecular complexity index is 1120. The minimum atomic E-state index is -0.174. The molecule has 0 saturated carbocycles. The molecule has 2 heterocycles. The molecule has 1 aliphatic heterocycles. The van der Waals surface area contributed by atoms with Gasteiger partial charge in [-0.3, -0.25) is 9.59 Å². The standard InChI is InChI=1S/C25H25BrN2O5/c1-2-10-27(25(30)19-5-3-6-20(26)13-19)16-24(29)28(15-21-7-4-11-31-21)14-18-8-9-22-23(12-18)33-17-32-22/h3-9,11-13H,2,10,14-17H2,1H3. The largest absolute Gasteiger partial charge is 0.467 e. The maximum atomic E-state index is 13.4. The SMILES string of the molecule is CCCN(CC(=O)N(Cc1ccc2c(c1)OCO2)Cc1ccco1)C(=O)c1cccc(Br)c1. The monoisotopic (exact) mass is 512 g/mol. The van der Waals surface area contributed by atoms with Gasteiger partial charge in [0.2, 0.25) is 12.7 Å². The summed E-state index contributed by atoms with van der Waals surface area (Å²) in [4.78, 5) is 29.8. The number of nitrogens with zero attached hydrogens (tertiary/aromatic N) is 2. The first-order valence-electron chi connectivity index (χ1n) is 10.8. The van der Waals surface area contributed by atoms with Gasteiger partial charge < -0.3 is 23.7 Å². The van der Waals surface area contributed by atoms with Crippen molar-refractivity contribution < 1.29 is 23.5 Å². The van der Waals surface area contributed by atoms with Crippen molar-refractivity contribution in [3.05, 3.63) is 82.2 Å². The predicted octanol–water partition coefficient (Wildman–Crippen LogP) is 4.85. The zero-order valence-electron chi connectivity index (χ0n) is 18.3. The number of hydrogen-bond donors (Lipinski definition) is 0. The minimum absolute atomic E-state index is 0.0234. The molecule has 1 aromatic heterocycles. The molecule has 172 valence electrons. The first-order valence-corrected chi connectivity index (χ1v) is 11.6. The summed E-state index contributed by atoms with van der Waals surface area (Å²) in [6, 6.07) is 16.4. The summed E-state index contributed by atoms with van der Waals surface area (Å²) in [6.07, 6.45) is 2.33. The van der Waals surface area contributed by atoms with Crippen molar-refractivity contribution in [3.63, 3.8) is 0 Å². The number of ether oxygens (including phenoxy) is 2. The van der Waals surface area contributed by atoms with E-state index in [1.54, 1.807) is 34.3 Å². The van der Waals surface area contributed by atoms with E-state index in [1.807, 2.05) is 43.3 Å². The second-order valence-corrected chi connectivity index (χ2v) is 8.67. The van der Waals surface area contributed by atoms with E-state index in [0.29, 0.717) is 42.5 Å². The molecule has 0 fully saturated rings. The number of rotatable bonds is 9. The first kappa shape index (κ1) is 22.9. The predicted molar refractivity (Wildman–Crippen MR) is 126 cm³/mol. The van der Waals surface area contributed by atoms with Gasteiger partial charge in [-0.25, -0.2) is 0 Å². The van der Waals surface area contributed by atoms with Crippen molar-refractivity contribution >= 4 is 27.7 Å². The maximum absolute atomic E-state index is 13.4. The van der Waals surface area contributed by atoms with Gasteiger partial charge in [0, 0.05) is 23.1 Å². The fraction of sp³-hybridized carbons (Fsp3) is 0.280. The van der Waals surface area contributed by atoms with Crippen LogP contribution in [-0.2, 0) is 17.9 Å². The van der Waals surface area contributed by atoms with Crippen molar-refractivity contribution in [3.8, 4) is 11.5 Å². The van der Waals surface area contributed by atoms with Crippen LogP contribution >= 0.6 is 15.9 Å². The summed E-state index contributed by atoms with van der Waals surface area (Å²) in [5.41, 5.74) is 1.44. The van der Waals surface area contributed by atoms with Crippen LogP contribution in [0.15, 0.2) is 69.8 Å². The Morgan fingerprint density at radius 2 is 1.82 bits per heavy atom. The molecular weight excluding hydrogens is 488 g/mol. The van der Waals surface area contributed by atoms with Gasteiger partial charge in [-0.2, -0.15) is 0 Å². The molecule has 0 unspecified atom stereocenters. The van der Waals surface area contributed by atoms with E-state index in [0.717, 1.165) is 16.5 Å². The van der Waals surface area contributed by atoms with Gasteiger partial charge in [0.25, 0.3) is 5.91 Å². The minimum Gasteiger partial charge on any atom is -0.467 e. The van der Waals surface area contributed by atoms with Crippen LogP contribution in [-0.4, -0.2) is 41.5 Å². The van der Waals surface area contributed by atoms with Crippen LogP contribution in [0.3, 0.4) is 0 Å². The van der Waals surface area contributed by atoms with Crippen molar-refractivity contribution in [1.82, 2.24) is 9.80 Å². The number of hydrogen-bond acceptors (Lipinski definition) is 5. The Labute approximate surface area is 201 Å². The van der Waals surface area contributed by atoms with Crippen molar-refractivity contribution in [2.45, 2.75) is 26.4 Å². The average molecular weight is 513 g/mol. The van der Waals surface area contributed by atoms with Crippen LogP contribution in [0.1, 0.15) is 35.0 Å². The zero-order valence-corrected chi connectivity index (χ0v) is 19.9. The Morgan fingerprint density at radius 3 is 2.58 bits per heavy atom. The van der Waals surface area contributed by atoms with E-state index in [1.165, 1.54) is 0 Å². The van der Waals surface area contributed by atoms with Crippen LogP contribution in [0.2, 0.25) is 0 Å². The number of fused-ring (bicyclic) bond motifs is 1. The van der Waals surface area contributed by atoms with Crippen LogP contribution < -0.4 is 9.47 Å². The number of carbonyl (C=O) groups excluding carboxylic acids is 2. The third-order valence-electron chi connectivity index (χ3n) is 5.27. The molecule has 2 amide bonds. The molecule has 0 aliphatic carbocycles. The Morgan fingerprint density at radius 1 is 0.970 bits per heavy atom. The molecule has 0 atom stereocenters. The molecule has 0 saturated heterocycles. The molecule has 0 radical (unpaired) electrons. The highest BCUT2D eigenvalue weighted by atomic mass is 79.9. The fourth-order valence-corrected chi connectivity index (χ4v) is 4.07. The van der Waals surface area contributed by atoms with E-state index in [9.17, 15) is 9.59 Å². The molecule has 0 spiro atoms. The van der Waals surface area contributed by atoms with Crippen molar-refractivity contribution in [2.75, 3.05) is 19.9 Å². The van der Waals surface area contributed by atoms with Gasteiger partial charge >= 0.3 is 0 Å². The van der Waals surface area contributed by atoms with E-state index >= 15 is 0 Å². The van der Waals surface area contributed by atoms with E-state index in [-0.39, 0.29) is 25.2 Å². The molecule has 8 heteroatoms. The lowest BCUT2D eigenvalue weighted by Gasteiger charge is -2.27. The van der Waals surface area contributed by atoms with Gasteiger partial charge in [0.1, 0.15) is 12.3 Å². The smallest absolute Gasteiger partial charge is 0.254 e. The molecule has 7 nitrogen and oxygen atoms in total. The Balaban J connectivity index is 1.53. The van der Waals surface area contributed by atoms with E-state index in [4.69, 9.17) is 13.9 Å². The number of halogens is 1. The Kier molecular flexibility index (Phi) is 7.34. The molecular formula is C25H25BrN2O5. The summed E-state index contributed by atoms with van der Waals surface area (Å²) in [6.45, 7) is 3.28. The highest BCUT2D eigenvalue weighted by molar-refractivity contribution is 9.10. The van der Waals surface area contributed by atoms with Crippen molar-refractivity contribution in [1.29, 1.82) is 0 Å². The fourth-order valence-electron chi connectivity index (χ4n) is 3.67. The number of carbonyl (C=O) groups is 2. The third kappa shape index (κ3) is 5.76. The van der Waals surface area contributed by atoms with Gasteiger partial charge in [0.15, 0.2) is 11.5 Å². The molecule has 3 aromatic rings. The normalized spacial score (nSPS) is 11.9. The van der Waals surface area contributed by atoms with E-state index < -0.39 is 0 Å². The van der Waals surface area contributed by atoms with Gasteiger partial charge in [0.05, 0.1) is 12.8 Å². The highest BCUT2D eigenvalue weighted by Crippen LogP contribution is 2.33. The van der Waals surface area contributed by atoms with Crippen LogP contribution in [0.4, 0.5) is 0 Å². The quantitative estimate of drug-likeness (QED) is 0.409. The lowest BCUT2D eigenvalue weighted by molar-refractivity contribution is -0.133. The van der Waals surface area contributed by atoms with E-state index in [2.05, 4.69) is 15.9 Å². The zero-order chi connectivity index (χ0) is 23.2. The lowest BCUT2D eigenvalue weighted by Crippen LogP contribution is -2.42. The van der Waals surface area contributed by atoms with Crippen molar-refractivity contribution in [2.24, 2.45) is 0 Å². The maximum Gasteiger partial charge on any atom is 0.254 e. The molecule has 33 heavy (non-hydrogen) atoms. The first-order chi connectivity index (χ1) is 16.0. The highest BCUT2D eigenvalue weighted by Gasteiger charge is 2.24. The molecule has 4 rings (SSSR count). The summed E-state index contributed by atoms with van der Waals surface area (Å²) in [5, 5.41) is 0. The molecule has 0 N–H and O–H groups in total. The van der Waals surface area contributed by atoms with Gasteiger partial charge in [-0.15, -0.1) is 0 Å². The van der Waals surface area contributed by atoms with Crippen LogP contribution in [0, 0.1) is 0 Å². The third-order valence-corrected chi connectivity index (χ3v) is 5.76. The average Bonchev–Trinajstić information content (AvgIpc) is 3.49. The van der Waals surface area contributed by atoms with Crippen LogP contribution in [0.25, 0.3) is 0 Å². The summed E-state index contributed by atoms with van der Waals surface area (Å²) >= 11 is 3.41. The molecule has 2 aromatic carbocycles. The topological polar surface area (TPSA) is 72.2 Å². The number of benzene rings is 2. The lowest BCUT2D eigenvalue weighted by atomic mass is 10.1. The van der Waals surface area contributed by atoms with Crippen LogP contribution in [0.5, 0.6) is 11.5 Å². The molecule has 1 aliphatic rings. The number of furan rings is 1. The van der Waals surface area contributed by atoms with Gasteiger partial charge in [-0.1, -0.05) is 35.0 Å². The van der Waals surface area contributed by atoms with Gasteiger partial charge in [-0.05, 0) is 54.4 Å². The summed E-state index contributed by atoms with van der Waals surface area (Å²) in [7, 11) is 0. The molecule has 0 bridgehead atoms. The second-order valence-electron chi connectivity index (χ2n) is 7.75. The number of amides is 2. The second kappa shape index (κ2) is 10.6. The Hall–Kier alpha value is -3.26.